The summed E-state index contributed by atoms with van der Waals surface area (Å²) in [5.74, 6) is 2.03. The molecule has 23 heavy (non-hydrogen) atoms. The number of nitrogens with zero attached hydrogens (tertiary/aromatic N) is 3. The quantitative estimate of drug-likeness (QED) is 0.323. The van der Waals surface area contributed by atoms with E-state index in [1.807, 2.05) is 6.07 Å². The van der Waals surface area contributed by atoms with Gasteiger partial charge in [-0.15, -0.1) is 24.0 Å². The van der Waals surface area contributed by atoms with Crippen LogP contribution in [0.15, 0.2) is 29.3 Å². The van der Waals surface area contributed by atoms with Crippen molar-refractivity contribution in [2.45, 2.75) is 45.7 Å². The number of para-hydroxylation sites is 2. The van der Waals surface area contributed by atoms with Crippen LogP contribution < -0.4 is 10.6 Å². The van der Waals surface area contributed by atoms with E-state index in [0.29, 0.717) is 6.04 Å². The number of guanidine groups is 1. The van der Waals surface area contributed by atoms with Gasteiger partial charge in [-0.25, -0.2) is 4.98 Å². The smallest absolute Gasteiger partial charge is 0.191 e. The minimum absolute atomic E-state index is 0. The number of rotatable bonds is 6. The molecule has 1 saturated carbocycles. The molecule has 0 radical (unpaired) electrons. The van der Waals surface area contributed by atoms with Crippen LogP contribution in [-0.2, 0) is 6.54 Å². The van der Waals surface area contributed by atoms with E-state index in [1.165, 1.54) is 18.4 Å². The van der Waals surface area contributed by atoms with Crippen molar-refractivity contribution in [1.29, 1.82) is 0 Å². The van der Waals surface area contributed by atoms with Crippen LogP contribution >= 0.6 is 24.0 Å². The molecule has 1 aliphatic rings. The van der Waals surface area contributed by atoms with Crippen LogP contribution in [0.2, 0.25) is 0 Å². The molecule has 0 bridgehead atoms. The van der Waals surface area contributed by atoms with Crippen LogP contribution in [0.25, 0.3) is 11.0 Å². The lowest BCUT2D eigenvalue weighted by Crippen LogP contribution is -2.38. The standard InChI is InChI=1S/C17H25N5.HI/c1-3-18-17(21-14-9-10-14)19-11-6-12-22-13(2)20-15-7-4-5-8-16(15)22;/h4-5,7-8,14H,3,6,9-12H2,1-2H3,(H2,18,19,21);1H. The van der Waals surface area contributed by atoms with E-state index in [2.05, 4.69) is 57.2 Å². The predicted octanol–water partition coefficient (Wildman–Crippen LogP) is 3.07. The Kier molecular flexibility index (Phi) is 6.68. The van der Waals surface area contributed by atoms with E-state index in [9.17, 15) is 0 Å². The SMILES string of the molecule is CCNC(=NCCCn1c(C)nc2ccccc21)NC1CC1.I. The second-order valence-corrected chi connectivity index (χ2v) is 5.83. The molecule has 0 amide bonds. The molecule has 0 aliphatic heterocycles. The Morgan fingerprint density at radius 3 is 2.87 bits per heavy atom. The third kappa shape index (κ3) is 4.83. The number of benzene rings is 1. The fraction of sp³-hybridized carbons (Fsp3) is 0.529. The lowest BCUT2D eigenvalue weighted by Gasteiger charge is -2.10. The highest BCUT2D eigenvalue weighted by Crippen LogP contribution is 2.18. The van der Waals surface area contributed by atoms with Crippen LogP contribution in [0, 0.1) is 6.92 Å². The number of aryl methyl sites for hydroxylation is 2. The molecule has 1 aliphatic carbocycles. The first kappa shape index (κ1) is 18.0. The van der Waals surface area contributed by atoms with Gasteiger partial charge in [0.15, 0.2) is 5.96 Å². The number of imidazole rings is 1. The molecule has 0 atom stereocenters. The Morgan fingerprint density at radius 2 is 2.13 bits per heavy atom. The first-order chi connectivity index (χ1) is 10.8. The third-order valence-corrected chi connectivity index (χ3v) is 3.92. The first-order valence-corrected chi connectivity index (χ1v) is 8.24. The summed E-state index contributed by atoms with van der Waals surface area (Å²) in [6.45, 7) is 6.86. The zero-order chi connectivity index (χ0) is 15.4. The number of hydrogen-bond donors (Lipinski definition) is 2. The monoisotopic (exact) mass is 427 g/mol. The van der Waals surface area contributed by atoms with Crippen molar-refractivity contribution < 1.29 is 0 Å². The number of aliphatic imine (C=N–C) groups is 1. The Labute approximate surface area is 155 Å². The van der Waals surface area contributed by atoms with Gasteiger partial charge < -0.3 is 15.2 Å². The lowest BCUT2D eigenvalue weighted by atomic mass is 10.3. The summed E-state index contributed by atoms with van der Waals surface area (Å²) in [7, 11) is 0. The number of hydrogen-bond acceptors (Lipinski definition) is 2. The molecule has 2 N–H and O–H groups in total. The lowest BCUT2D eigenvalue weighted by molar-refractivity contribution is 0.645. The van der Waals surface area contributed by atoms with E-state index >= 15 is 0 Å². The third-order valence-electron chi connectivity index (χ3n) is 3.92. The average molecular weight is 427 g/mol. The molecule has 0 saturated heterocycles. The zero-order valence-electron chi connectivity index (χ0n) is 13.9. The molecular weight excluding hydrogens is 401 g/mol. The summed E-state index contributed by atoms with van der Waals surface area (Å²) in [6, 6.07) is 8.95. The highest BCUT2D eigenvalue weighted by Gasteiger charge is 2.21. The van der Waals surface area contributed by atoms with Crippen LogP contribution in [0.5, 0.6) is 0 Å². The van der Waals surface area contributed by atoms with Crippen LogP contribution in [0.3, 0.4) is 0 Å². The van der Waals surface area contributed by atoms with Crippen molar-refractivity contribution in [3.8, 4) is 0 Å². The zero-order valence-corrected chi connectivity index (χ0v) is 16.2. The Bertz CT molecular complexity index is 660. The highest BCUT2D eigenvalue weighted by molar-refractivity contribution is 14.0. The summed E-state index contributed by atoms with van der Waals surface area (Å²) in [6.07, 6.45) is 3.55. The minimum atomic E-state index is 0. The second kappa shape index (κ2) is 8.52. The van der Waals surface area contributed by atoms with Crippen molar-refractivity contribution in [3.05, 3.63) is 30.1 Å². The molecule has 1 aromatic heterocycles. The van der Waals surface area contributed by atoms with Crippen molar-refractivity contribution >= 4 is 41.0 Å². The predicted molar refractivity (Wildman–Crippen MR) is 107 cm³/mol. The Hall–Kier alpha value is -1.31. The van der Waals surface area contributed by atoms with E-state index in [1.54, 1.807) is 0 Å². The van der Waals surface area contributed by atoms with Gasteiger partial charge in [-0.05, 0) is 45.2 Å². The largest absolute Gasteiger partial charge is 0.357 e. The molecule has 5 nitrogen and oxygen atoms in total. The molecule has 1 heterocycles. The van der Waals surface area contributed by atoms with Gasteiger partial charge in [-0.3, -0.25) is 4.99 Å². The van der Waals surface area contributed by atoms with Gasteiger partial charge in [0.2, 0.25) is 0 Å². The van der Waals surface area contributed by atoms with Crippen LogP contribution in [-0.4, -0.2) is 34.6 Å². The second-order valence-electron chi connectivity index (χ2n) is 5.83. The van der Waals surface area contributed by atoms with Crippen LogP contribution in [0.1, 0.15) is 32.0 Å². The first-order valence-electron chi connectivity index (χ1n) is 8.24. The van der Waals surface area contributed by atoms with E-state index in [-0.39, 0.29) is 24.0 Å². The molecule has 2 aromatic rings. The van der Waals surface area contributed by atoms with Crippen molar-refractivity contribution in [2.75, 3.05) is 13.1 Å². The summed E-state index contributed by atoms with van der Waals surface area (Å²) < 4.78 is 2.28. The van der Waals surface area contributed by atoms with Crippen molar-refractivity contribution in [1.82, 2.24) is 20.2 Å². The van der Waals surface area contributed by atoms with Gasteiger partial charge in [0.25, 0.3) is 0 Å². The average Bonchev–Trinajstić information content (AvgIpc) is 3.26. The maximum atomic E-state index is 4.66. The van der Waals surface area contributed by atoms with E-state index < -0.39 is 0 Å². The topological polar surface area (TPSA) is 54.2 Å². The van der Waals surface area contributed by atoms with Crippen LogP contribution in [0.4, 0.5) is 0 Å². The molecule has 1 aromatic carbocycles. The molecule has 126 valence electrons. The van der Waals surface area contributed by atoms with Gasteiger partial charge in [0.1, 0.15) is 5.82 Å². The van der Waals surface area contributed by atoms with Gasteiger partial charge >= 0.3 is 0 Å². The van der Waals surface area contributed by atoms with Gasteiger partial charge in [0, 0.05) is 25.7 Å². The summed E-state index contributed by atoms with van der Waals surface area (Å²) in [5, 5.41) is 6.75. The van der Waals surface area contributed by atoms with Gasteiger partial charge in [-0.2, -0.15) is 0 Å². The molecule has 0 unspecified atom stereocenters. The summed E-state index contributed by atoms with van der Waals surface area (Å²) in [5.41, 5.74) is 2.29. The number of fused-ring (bicyclic) bond motifs is 1. The van der Waals surface area contributed by atoms with Crippen molar-refractivity contribution in [2.24, 2.45) is 4.99 Å². The van der Waals surface area contributed by atoms with Gasteiger partial charge in [0.05, 0.1) is 11.0 Å². The maximum Gasteiger partial charge on any atom is 0.191 e. The van der Waals surface area contributed by atoms with Crippen molar-refractivity contribution in [3.63, 3.8) is 0 Å². The fourth-order valence-corrected chi connectivity index (χ4v) is 2.64. The minimum Gasteiger partial charge on any atom is -0.357 e. The number of halogens is 1. The van der Waals surface area contributed by atoms with Gasteiger partial charge in [-0.1, -0.05) is 12.1 Å². The number of aromatic nitrogens is 2. The molecule has 3 rings (SSSR count). The maximum absolute atomic E-state index is 4.66. The molecular formula is C17H26IN5. The highest BCUT2D eigenvalue weighted by atomic mass is 127. The molecule has 1 fully saturated rings. The number of nitrogens with one attached hydrogen (secondary N) is 2. The summed E-state index contributed by atoms with van der Waals surface area (Å²) >= 11 is 0. The van der Waals surface area contributed by atoms with E-state index in [4.69, 9.17) is 0 Å². The molecule has 6 heteroatoms. The normalized spacial score (nSPS) is 14.6. The molecule has 0 spiro atoms. The Balaban J connectivity index is 0.00000192. The fourth-order valence-electron chi connectivity index (χ4n) is 2.64. The van der Waals surface area contributed by atoms with E-state index in [0.717, 1.165) is 43.4 Å². The summed E-state index contributed by atoms with van der Waals surface area (Å²) in [4.78, 5) is 9.27. The Morgan fingerprint density at radius 1 is 1.35 bits per heavy atom.